The highest BCUT2D eigenvalue weighted by Gasteiger charge is 2.23. The molecule has 1 saturated heterocycles. The lowest BCUT2D eigenvalue weighted by Gasteiger charge is -2.21. The van der Waals surface area contributed by atoms with Gasteiger partial charge in [0, 0.05) is 18.6 Å². The molecule has 1 aromatic carbocycles. The second-order valence-corrected chi connectivity index (χ2v) is 6.76. The van der Waals surface area contributed by atoms with Gasteiger partial charge in [-0.2, -0.15) is 0 Å². The number of rotatable bonds is 7. The van der Waals surface area contributed by atoms with E-state index in [1.54, 1.807) is 12.1 Å². The van der Waals surface area contributed by atoms with Crippen molar-refractivity contribution in [2.75, 3.05) is 19.6 Å². The highest BCUT2D eigenvalue weighted by Crippen LogP contribution is 2.18. The predicted molar refractivity (Wildman–Crippen MR) is 88.7 cm³/mol. The first kappa shape index (κ1) is 16.3. The van der Waals surface area contributed by atoms with E-state index in [1.807, 2.05) is 12.1 Å². The summed E-state index contributed by atoms with van der Waals surface area (Å²) in [5, 5.41) is 13.0. The Bertz CT molecular complexity index is 416. The van der Waals surface area contributed by atoms with E-state index >= 15 is 0 Å². The molecule has 0 bridgehead atoms. The number of aryl methyl sites for hydroxylation is 1. The molecule has 1 aliphatic rings. The molecule has 1 fully saturated rings. The number of nitrogens with zero attached hydrogens (tertiary/aromatic N) is 1. The first-order chi connectivity index (χ1) is 10.0. The Kier molecular flexibility index (Phi) is 6.07. The second kappa shape index (κ2) is 7.81. The van der Waals surface area contributed by atoms with Crippen LogP contribution in [0.3, 0.4) is 0 Å². The fourth-order valence-corrected chi connectivity index (χ4v) is 3.01. The van der Waals surface area contributed by atoms with E-state index in [4.69, 9.17) is 0 Å². The lowest BCUT2D eigenvalue weighted by Crippen LogP contribution is -2.34. The average molecular weight is 290 g/mol. The molecule has 1 aromatic rings. The van der Waals surface area contributed by atoms with E-state index < -0.39 is 0 Å². The molecular formula is C18H30N2O. The molecule has 0 saturated carbocycles. The molecule has 0 radical (unpaired) electrons. The lowest BCUT2D eigenvalue weighted by atomic mass is 10.0. The van der Waals surface area contributed by atoms with Crippen LogP contribution in [-0.2, 0) is 6.42 Å². The number of phenolic OH excluding ortho intramolecular Hbond substituents is 1. The minimum atomic E-state index is 0.348. The third kappa shape index (κ3) is 5.33. The molecule has 0 spiro atoms. The number of aromatic hydroxyl groups is 1. The Hall–Kier alpha value is -1.06. The summed E-state index contributed by atoms with van der Waals surface area (Å²) in [6.07, 6.45) is 3.54. The maximum absolute atomic E-state index is 9.28. The van der Waals surface area contributed by atoms with Gasteiger partial charge in [0.2, 0.25) is 0 Å². The fraction of sp³-hybridized carbons (Fsp3) is 0.667. The Morgan fingerprint density at radius 3 is 2.57 bits per heavy atom. The fourth-order valence-electron chi connectivity index (χ4n) is 3.01. The van der Waals surface area contributed by atoms with Gasteiger partial charge in [-0.25, -0.2) is 0 Å². The van der Waals surface area contributed by atoms with Crippen molar-refractivity contribution in [1.82, 2.24) is 10.2 Å². The van der Waals surface area contributed by atoms with Gasteiger partial charge in [0.05, 0.1) is 0 Å². The minimum Gasteiger partial charge on any atom is -0.508 e. The second-order valence-electron chi connectivity index (χ2n) is 6.76. The number of hydrogen-bond acceptors (Lipinski definition) is 3. The average Bonchev–Trinajstić information content (AvgIpc) is 2.93. The van der Waals surface area contributed by atoms with E-state index in [9.17, 15) is 5.11 Å². The van der Waals surface area contributed by atoms with Gasteiger partial charge in [0.1, 0.15) is 5.75 Å². The van der Waals surface area contributed by atoms with Crippen LogP contribution in [0.5, 0.6) is 5.75 Å². The van der Waals surface area contributed by atoms with Crippen molar-refractivity contribution in [3.05, 3.63) is 29.8 Å². The van der Waals surface area contributed by atoms with Crippen LogP contribution in [0.25, 0.3) is 0 Å². The van der Waals surface area contributed by atoms with Crippen molar-refractivity contribution < 1.29 is 5.11 Å². The molecule has 0 aromatic heterocycles. The van der Waals surface area contributed by atoms with Crippen molar-refractivity contribution in [1.29, 1.82) is 0 Å². The number of nitrogens with one attached hydrogen (secondary N) is 1. The summed E-state index contributed by atoms with van der Waals surface area (Å²) in [7, 11) is 0. The zero-order chi connectivity index (χ0) is 15.2. The summed E-state index contributed by atoms with van der Waals surface area (Å²) in [6, 6.07) is 8.80. The van der Waals surface area contributed by atoms with Gasteiger partial charge < -0.3 is 15.3 Å². The van der Waals surface area contributed by atoms with Gasteiger partial charge >= 0.3 is 0 Å². The third-order valence-corrected chi connectivity index (χ3v) is 4.60. The number of phenols is 1. The van der Waals surface area contributed by atoms with E-state index in [0.717, 1.165) is 25.3 Å². The summed E-state index contributed by atoms with van der Waals surface area (Å²) < 4.78 is 0. The quantitative estimate of drug-likeness (QED) is 0.810. The molecule has 2 rings (SSSR count). The van der Waals surface area contributed by atoms with Gasteiger partial charge in [0.15, 0.2) is 0 Å². The molecule has 21 heavy (non-hydrogen) atoms. The van der Waals surface area contributed by atoms with Crippen molar-refractivity contribution in [3.8, 4) is 5.75 Å². The summed E-state index contributed by atoms with van der Waals surface area (Å²) >= 11 is 0. The van der Waals surface area contributed by atoms with Crippen LogP contribution in [0.15, 0.2) is 24.3 Å². The topological polar surface area (TPSA) is 35.5 Å². The zero-order valence-electron chi connectivity index (χ0n) is 13.7. The number of hydrogen-bond donors (Lipinski definition) is 2. The third-order valence-electron chi connectivity index (χ3n) is 4.60. The number of likely N-dealkylation sites (tertiary alicyclic amines) is 1. The van der Waals surface area contributed by atoms with Crippen LogP contribution in [0.1, 0.15) is 39.2 Å². The molecule has 1 heterocycles. The number of benzene rings is 1. The van der Waals surface area contributed by atoms with Crippen LogP contribution < -0.4 is 5.32 Å². The summed E-state index contributed by atoms with van der Waals surface area (Å²) in [5.74, 6) is 1.16. The van der Waals surface area contributed by atoms with Crippen molar-refractivity contribution in [2.45, 2.75) is 52.1 Å². The molecule has 2 atom stereocenters. The Labute approximate surface area is 129 Å². The standard InChI is InChI=1S/C18H30N2O/c1-14(2)20-11-10-17(13-20)12-19-15(3)4-5-16-6-8-18(21)9-7-16/h6-9,14-15,17,19,21H,4-5,10-13H2,1-3H3. The maximum Gasteiger partial charge on any atom is 0.115 e. The van der Waals surface area contributed by atoms with E-state index in [-0.39, 0.29) is 0 Å². The maximum atomic E-state index is 9.28. The van der Waals surface area contributed by atoms with Crippen LogP contribution in [0, 0.1) is 5.92 Å². The molecule has 0 amide bonds. The van der Waals surface area contributed by atoms with E-state index in [2.05, 4.69) is 31.0 Å². The molecular weight excluding hydrogens is 260 g/mol. The van der Waals surface area contributed by atoms with Crippen LogP contribution in [-0.4, -0.2) is 41.7 Å². The Morgan fingerprint density at radius 1 is 1.24 bits per heavy atom. The summed E-state index contributed by atoms with van der Waals surface area (Å²) in [6.45, 7) is 10.5. The summed E-state index contributed by atoms with van der Waals surface area (Å²) in [5.41, 5.74) is 1.30. The van der Waals surface area contributed by atoms with E-state index in [1.165, 1.54) is 25.1 Å². The summed E-state index contributed by atoms with van der Waals surface area (Å²) in [4.78, 5) is 2.58. The Morgan fingerprint density at radius 2 is 1.95 bits per heavy atom. The highest BCUT2D eigenvalue weighted by atomic mass is 16.3. The molecule has 3 nitrogen and oxygen atoms in total. The molecule has 3 heteroatoms. The van der Waals surface area contributed by atoms with Crippen LogP contribution in [0.2, 0.25) is 0 Å². The van der Waals surface area contributed by atoms with Crippen molar-refractivity contribution in [3.63, 3.8) is 0 Å². The van der Waals surface area contributed by atoms with Crippen molar-refractivity contribution >= 4 is 0 Å². The normalized spacial score (nSPS) is 21.0. The van der Waals surface area contributed by atoms with Crippen molar-refractivity contribution in [2.24, 2.45) is 5.92 Å². The van der Waals surface area contributed by atoms with Crippen LogP contribution in [0.4, 0.5) is 0 Å². The van der Waals surface area contributed by atoms with Gasteiger partial charge in [-0.15, -0.1) is 0 Å². The predicted octanol–water partition coefficient (Wildman–Crippen LogP) is 3.03. The minimum absolute atomic E-state index is 0.348. The molecule has 1 aliphatic heterocycles. The zero-order valence-corrected chi connectivity index (χ0v) is 13.7. The van der Waals surface area contributed by atoms with Gasteiger partial charge in [0.25, 0.3) is 0 Å². The first-order valence-corrected chi connectivity index (χ1v) is 8.30. The lowest BCUT2D eigenvalue weighted by molar-refractivity contribution is 0.262. The van der Waals surface area contributed by atoms with Crippen LogP contribution >= 0.6 is 0 Å². The first-order valence-electron chi connectivity index (χ1n) is 8.30. The van der Waals surface area contributed by atoms with Gasteiger partial charge in [-0.05, 0) is 76.7 Å². The largest absolute Gasteiger partial charge is 0.508 e. The molecule has 2 unspecified atom stereocenters. The highest BCUT2D eigenvalue weighted by molar-refractivity contribution is 5.25. The smallest absolute Gasteiger partial charge is 0.115 e. The SMILES string of the molecule is CC(CCc1ccc(O)cc1)NCC1CCN(C(C)C)C1. The van der Waals surface area contributed by atoms with E-state index in [0.29, 0.717) is 17.8 Å². The monoisotopic (exact) mass is 290 g/mol. The Balaban J connectivity index is 1.64. The molecule has 118 valence electrons. The molecule has 2 N–H and O–H groups in total. The molecule has 0 aliphatic carbocycles. The van der Waals surface area contributed by atoms with Gasteiger partial charge in [-0.1, -0.05) is 12.1 Å². The van der Waals surface area contributed by atoms with Gasteiger partial charge in [-0.3, -0.25) is 0 Å².